The van der Waals surface area contributed by atoms with Crippen LogP contribution in [0.1, 0.15) is 21.8 Å². The number of aryl methyl sites for hydroxylation is 1. The maximum atomic E-state index is 13.3. The predicted octanol–water partition coefficient (Wildman–Crippen LogP) is 3.39. The van der Waals surface area contributed by atoms with E-state index in [9.17, 15) is 9.18 Å². The maximum Gasteiger partial charge on any atom is 0.293 e. The Bertz CT molecular complexity index is 1120. The summed E-state index contributed by atoms with van der Waals surface area (Å²) in [7, 11) is 0. The van der Waals surface area contributed by atoms with E-state index in [1.54, 1.807) is 29.8 Å². The molecule has 4 aromatic rings. The number of halogens is 1. The van der Waals surface area contributed by atoms with Crippen molar-refractivity contribution in [3.05, 3.63) is 59.4 Å². The fraction of sp³-hybridized carbons (Fsp3) is 0.118. The van der Waals surface area contributed by atoms with E-state index in [1.165, 1.54) is 18.4 Å². The molecule has 1 N–H and O–H groups in total. The Morgan fingerprint density at radius 3 is 2.89 bits per heavy atom. The molecule has 1 amide bonds. The van der Waals surface area contributed by atoms with Crippen LogP contribution in [-0.4, -0.2) is 30.3 Å². The highest BCUT2D eigenvalue weighted by molar-refractivity contribution is 7.10. The third-order valence-electron chi connectivity index (χ3n) is 3.88. The highest BCUT2D eigenvalue weighted by Gasteiger charge is 2.19. The molecule has 27 heavy (non-hydrogen) atoms. The molecule has 3 heterocycles. The van der Waals surface area contributed by atoms with E-state index < -0.39 is 5.91 Å². The molecular formula is C17H13FN6O2S. The van der Waals surface area contributed by atoms with Gasteiger partial charge in [0.2, 0.25) is 5.13 Å². The number of carbonyl (C=O) groups excluding carboxylic acids is 1. The summed E-state index contributed by atoms with van der Waals surface area (Å²) in [5.41, 5.74) is 2.63. The van der Waals surface area contributed by atoms with Crippen molar-refractivity contribution >= 4 is 22.6 Å². The Morgan fingerprint density at radius 2 is 2.15 bits per heavy atom. The van der Waals surface area contributed by atoms with Gasteiger partial charge in [0.25, 0.3) is 5.91 Å². The number of carbonyl (C=O) groups is 1. The van der Waals surface area contributed by atoms with Gasteiger partial charge in [-0.25, -0.2) is 9.07 Å². The number of nitrogens with one attached hydrogen (secondary N) is 1. The molecule has 136 valence electrons. The summed E-state index contributed by atoms with van der Waals surface area (Å²) in [5, 5.41) is 11.2. The molecule has 0 saturated carbocycles. The Hall–Kier alpha value is -3.40. The van der Waals surface area contributed by atoms with E-state index in [4.69, 9.17) is 4.42 Å². The van der Waals surface area contributed by atoms with Crippen molar-refractivity contribution in [1.29, 1.82) is 0 Å². The standard InChI is InChI=1S/C17H13FN6O2S/c1-9-8-11(18)5-6-12(9)24-10(2)14(21-23-24)15-19-17(27-22-15)20-16(25)13-4-3-7-26-13/h3-8H,1-2H3,(H,19,20,22,25). The smallest absolute Gasteiger partial charge is 0.293 e. The topological polar surface area (TPSA) is 98.7 Å². The molecule has 0 spiro atoms. The number of anilines is 1. The van der Waals surface area contributed by atoms with Crippen LogP contribution in [0.3, 0.4) is 0 Å². The number of amides is 1. The highest BCUT2D eigenvalue weighted by Crippen LogP contribution is 2.25. The molecule has 10 heteroatoms. The van der Waals surface area contributed by atoms with E-state index in [0.29, 0.717) is 28.0 Å². The van der Waals surface area contributed by atoms with Gasteiger partial charge in [-0.1, -0.05) is 5.21 Å². The summed E-state index contributed by atoms with van der Waals surface area (Å²) in [6.45, 7) is 3.61. The van der Waals surface area contributed by atoms with Crippen LogP contribution in [0.2, 0.25) is 0 Å². The lowest BCUT2D eigenvalue weighted by Gasteiger charge is -2.06. The van der Waals surface area contributed by atoms with E-state index in [0.717, 1.165) is 17.1 Å². The minimum Gasteiger partial charge on any atom is -0.459 e. The Kier molecular flexibility index (Phi) is 4.24. The van der Waals surface area contributed by atoms with Crippen LogP contribution >= 0.6 is 11.5 Å². The van der Waals surface area contributed by atoms with Crippen molar-refractivity contribution in [3.8, 4) is 17.2 Å². The van der Waals surface area contributed by atoms with Crippen molar-refractivity contribution in [2.24, 2.45) is 0 Å². The molecule has 0 unspecified atom stereocenters. The molecule has 0 atom stereocenters. The average molecular weight is 384 g/mol. The van der Waals surface area contributed by atoms with E-state index >= 15 is 0 Å². The lowest BCUT2D eigenvalue weighted by atomic mass is 10.2. The summed E-state index contributed by atoms with van der Waals surface area (Å²) in [4.78, 5) is 16.3. The number of hydrogen-bond acceptors (Lipinski definition) is 7. The van der Waals surface area contributed by atoms with Crippen LogP contribution in [0.25, 0.3) is 17.2 Å². The number of aromatic nitrogens is 5. The lowest BCUT2D eigenvalue weighted by Crippen LogP contribution is -2.10. The second kappa shape index (κ2) is 6.72. The number of benzene rings is 1. The van der Waals surface area contributed by atoms with Gasteiger partial charge in [0.05, 0.1) is 17.6 Å². The molecule has 8 nitrogen and oxygen atoms in total. The van der Waals surface area contributed by atoms with Crippen molar-refractivity contribution < 1.29 is 13.6 Å². The molecule has 1 aromatic carbocycles. The fourth-order valence-electron chi connectivity index (χ4n) is 2.56. The van der Waals surface area contributed by atoms with Crippen LogP contribution in [-0.2, 0) is 0 Å². The first kappa shape index (κ1) is 17.0. The predicted molar refractivity (Wildman–Crippen MR) is 96.4 cm³/mol. The van der Waals surface area contributed by atoms with Crippen molar-refractivity contribution in [1.82, 2.24) is 24.4 Å². The SMILES string of the molecule is Cc1cc(F)ccc1-n1nnc(-c2nsc(NC(=O)c3ccco3)n2)c1C. The molecule has 0 bridgehead atoms. The van der Waals surface area contributed by atoms with Gasteiger partial charge in [0.15, 0.2) is 17.3 Å². The highest BCUT2D eigenvalue weighted by atomic mass is 32.1. The van der Waals surface area contributed by atoms with Crippen LogP contribution in [0, 0.1) is 19.7 Å². The lowest BCUT2D eigenvalue weighted by molar-refractivity contribution is 0.0996. The Labute approximate surface area is 156 Å². The second-order valence-electron chi connectivity index (χ2n) is 5.72. The van der Waals surface area contributed by atoms with E-state index in [-0.39, 0.29) is 11.6 Å². The molecule has 0 aliphatic rings. The van der Waals surface area contributed by atoms with Crippen molar-refractivity contribution in [2.45, 2.75) is 13.8 Å². The first-order valence-electron chi connectivity index (χ1n) is 7.90. The molecule has 0 saturated heterocycles. The number of hydrogen-bond donors (Lipinski definition) is 1. The molecule has 0 fully saturated rings. The fourth-order valence-corrected chi connectivity index (χ4v) is 3.12. The zero-order valence-electron chi connectivity index (χ0n) is 14.3. The van der Waals surface area contributed by atoms with Gasteiger partial charge in [-0.2, -0.15) is 9.36 Å². The van der Waals surface area contributed by atoms with Crippen LogP contribution in [0.4, 0.5) is 9.52 Å². The number of rotatable bonds is 4. The summed E-state index contributed by atoms with van der Waals surface area (Å²) in [6.07, 6.45) is 1.42. The summed E-state index contributed by atoms with van der Waals surface area (Å²) >= 11 is 1.03. The first-order valence-corrected chi connectivity index (χ1v) is 8.68. The van der Waals surface area contributed by atoms with E-state index in [2.05, 4.69) is 25.0 Å². The molecule has 0 aliphatic heterocycles. The first-order chi connectivity index (χ1) is 13.0. The third-order valence-corrected chi connectivity index (χ3v) is 4.52. The Balaban J connectivity index is 1.61. The Morgan fingerprint density at radius 1 is 1.30 bits per heavy atom. The van der Waals surface area contributed by atoms with Crippen molar-refractivity contribution in [3.63, 3.8) is 0 Å². The zero-order chi connectivity index (χ0) is 19.0. The second-order valence-corrected chi connectivity index (χ2v) is 6.47. The molecule has 4 rings (SSSR count). The minimum atomic E-state index is -0.412. The molecule has 3 aromatic heterocycles. The monoisotopic (exact) mass is 384 g/mol. The quantitative estimate of drug-likeness (QED) is 0.579. The van der Waals surface area contributed by atoms with Crippen LogP contribution in [0.15, 0.2) is 41.0 Å². The number of nitrogens with zero attached hydrogens (tertiary/aromatic N) is 5. The minimum absolute atomic E-state index is 0.181. The van der Waals surface area contributed by atoms with Gasteiger partial charge in [0.1, 0.15) is 5.82 Å². The zero-order valence-corrected chi connectivity index (χ0v) is 15.1. The summed E-state index contributed by atoms with van der Waals surface area (Å²) in [5.74, 6) is -0.198. The van der Waals surface area contributed by atoms with Gasteiger partial charge in [-0.05, 0) is 49.7 Å². The van der Waals surface area contributed by atoms with Gasteiger partial charge in [0, 0.05) is 11.5 Å². The van der Waals surface area contributed by atoms with Crippen LogP contribution in [0.5, 0.6) is 0 Å². The van der Waals surface area contributed by atoms with Crippen molar-refractivity contribution in [2.75, 3.05) is 5.32 Å². The van der Waals surface area contributed by atoms with Gasteiger partial charge >= 0.3 is 0 Å². The molecule has 0 aliphatic carbocycles. The molecular weight excluding hydrogens is 371 g/mol. The third kappa shape index (κ3) is 3.22. The molecule has 0 radical (unpaired) electrons. The normalized spacial score (nSPS) is 10.9. The van der Waals surface area contributed by atoms with Gasteiger partial charge in [-0.3, -0.25) is 10.1 Å². The van der Waals surface area contributed by atoms with E-state index in [1.807, 2.05) is 6.92 Å². The van der Waals surface area contributed by atoms with Gasteiger partial charge in [-0.15, -0.1) is 5.10 Å². The largest absolute Gasteiger partial charge is 0.459 e. The summed E-state index contributed by atoms with van der Waals surface area (Å²) < 4.78 is 24.2. The van der Waals surface area contributed by atoms with Gasteiger partial charge < -0.3 is 4.42 Å². The number of furan rings is 1. The maximum absolute atomic E-state index is 13.3. The average Bonchev–Trinajstić information content (AvgIpc) is 3.36. The summed E-state index contributed by atoms with van der Waals surface area (Å²) in [6, 6.07) is 7.61. The van der Waals surface area contributed by atoms with Crippen LogP contribution < -0.4 is 5.32 Å².